The predicted octanol–water partition coefficient (Wildman–Crippen LogP) is 2.19. The van der Waals surface area contributed by atoms with E-state index in [4.69, 9.17) is 0 Å². The van der Waals surface area contributed by atoms with Crippen LogP contribution in [0, 0.1) is 11.8 Å². The Kier molecular flexibility index (Phi) is 3.09. The zero-order valence-electron chi connectivity index (χ0n) is 9.84. The van der Waals surface area contributed by atoms with E-state index in [0.29, 0.717) is 5.01 Å². The summed E-state index contributed by atoms with van der Waals surface area (Å²) in [7, 11) is 0. The van der Waals surface area contributed by atoms with Gasteiger partial charge in [0.2, 0.25) is 5.01 Å². The predicted molar refractivity (Wildman–Crippen MR) is 65.9 cm³/mol. The normalized spacial score (nSPS) is 28.8. The molecule has 5 heteroatoms. The molecule has 2 atom stereocenters. The number of likely N-dealkylation sites (tertiary alicyclic amines) is 1. The second-order valence-corrected chi connectivity index (χ2v) is 5.95. The Morgan fingerprint density at radius 2 is 1.94 bits per heavy atom. The number of aromatic nitrogens is 2. The van der Waals surface area contributed by atoms with Crippen LogP contribution < -0.4 is 0 Å². The summed E-state index contributed by atoms with van der Waals surface area (Å²) in [6, 6.07) is 0. The van der Waals surface area contributed by atoms with Crippen LogP contribution in [0.25, 0.3) is 0 Å². The van der Waals surface area contributed by atoms with E-state index >= 15 is 0 Å². The molecule has 1 saturated heterocycles. The minimum atomic E-state index is 0.0839. The van der Waals surface area contributed by atoms with E-state index in [1.165, 1.54) is 43.4 Å². The lowest BCUT2D eigenvalue weighted by Crippen LogP contribution is -2.29. The highest BCUT2D eigenvalue weighted by Crippen LogP contribution is 2.35. The molecule has 1 amide bonds. The molecule has 1 aliphatic heterocycles. The molecular formula is C12H17N3OS. The van der Waals surface area contributed by atoms with Gasteiger partial charge in [-0.1, -0.05) is 30.6 Å². The van der Waals surface area contributed by atoms with Crippen molar-refractivity contribution in [1.82, 2.24) is 15.1 Å². The number of hydrogen-bond donors (Lipinski definition) is 0. The van der Waals surface area contributed by atoms with Gasteiger partial charge in [0.1, 0.15) is 5.51 Å². The fourth-order valence-electron chi connectivity index (χ4n) is 3.15. The zero-order chi connectivity index (χ0) is 11.7. The maximum Gasteiger partial charge on any atom is 0.284 e. The van der Waals surface area contributed by atoms with Crippen molar-refractivity contribution in [1.29, 1.82) is 0 Å². The second-order valence-electron chi connectivity index (χ2n) is 5.11. The Bertz CT molecular complexity index is 378. The van der Waals surface area contributed by atoms with E-state index in [1.807, 2.05) is 4.90 Å². The standard InChI is InChI=1S/C12H17N3OS/c16-12(11-14-13-8-17-11)15-6-9-4-2-1-3-5-10(9)7-15/h8-10H,1-7H2. The summed E-state index contributed by atoms with van der Waals surface area (Å²) in [6.45, 7) is 1.87. The molecule has 0 spiro atoms. The van der Waals surface area contributed by atoms with Crippen LogP contribution >= 0.6 is 11.3 Å². The lowest BCUT2D eigenvalue weighted by molar-refractivity contribution is 0.0781. The number of rotatable bonds is 1. The number of carbonyl (C=O) groups excluding carboxylic acids is 1. The maximum atomic E-state index is 12.2. The summed E-state index contributed by atoms with van der Waals surface area (Å²) >= 11 is 1.34. The van der Waals surface area contributed by atoms with Crippen LogP contribution in [0.1, 0.15) is 41.9 Å². The Hall–Kier alpha value is -0.970. The topological polar surface area (TPSA) is 46.1 Å². The number of hydrogen-bond acceptors (Lipinski definition) is 4. The van der Waals surface area contributed by atoms with Gasteiger partial charge in [0, 0.05) is 13.1 Å². The van der Waals surface area contributed by atoms with E-state index in [1.54, 1.807) is 5.51 Å². The van der Waals surface area contributed by atoms with Gasteiger partial charge in [-0.05, 0) is 24.7 Å². The van der Waals surface area contributed by atoms with Gasteiger partial charge in [-0.2, -0.15) is 0 Å². The van der Waals surface area contributed by atoms with Crippen molar-refractivity contribution in [3.63, 3.8) is 0 Å². The van der Waals surface area contributed by atoms with Crippen molar-refractivity contribution in [3.8, 4) is 0 Å². The number of amides is 1. The average Bonchev–Trinajstić information content (AvgIpc) is 2.95. The first kappa shape index (κ1) is 11.1. The second kappa shape index (κ2) is 4.72. The van der Waals surface area contributed by atoms with Crippen molar-refractivity contribution in [2.24, 2.45) is 11.8 Å². The van der Waals surface area contributed by atoms with E-state index < -0.39 is 0 Å². The highest BCUT2D eigenvalue weighted by molar-refractivity contribution is 7.11. The smallest absolute Gasteiger partial charge is 0.284 e. The SMILES string of the molecule is O=C(c1nncs1)N1CC2CCCCCC2C1. The van der Waals surface area contributed by atoms with E-state index in [-0.39, 0.29) is 5.91 Å². The molecule has 1 saturated carbocycles. The lowest BCUT2D eigenvalue weighted by atomic mass is 9.92. The molecule has 2 fully saturated rings. The summed E-state index contributed by atoms with van der Waals surface area (Å²) in [6.07, 6.45) is 6.64. The molecule has 17 heavy (non-hydrogen) atoms. The quantitative estimate of drug-likeness (QED) is 0.768. The van der Waals surface area contributed by atoms with Gasteiger partial charge >= 0.3 is 0 Å². The minimum Gasteiger partial charge on any atom is -0.336 e. The number of fused-ring (bicyclic) bond motifs is 1. The molecule has 4 nitrogen and oxygen atoms in total. The first-order chi connectivity index (χ1) is 8.34. The van der Waals surface area contributed by atoms with Crippen LogP contribution in [0.4, 0.5) is 0 Å². The zero-order valence-corrected chi connectivity index (χ0v) is 10.7. The van der Waals surface area contributed by atoms with Gasteiger partial charge in [-0.15, -0.1) is 10.2 Å². The molecular weight excluding hydrogens is 234 g/mol. The molecule has 2 unspecified atom stereocenters. The molecule has 0 N–H and O–H groups in total. The number of carbonyl (C=O) groups is 1. The maximum absolute atomic E-state index is 12.2. The molecule has 1 aliphatic carbocycles. The van der Waals surface area contributed by atoms with E-state index in [2.05, 4.69) is 10.2 Å². The van der Waals surface area contributed by atoms with Crippen molar-refractivity contribution < 1.29 is 4.79 Å². The van der Waals surface area contributed by atoms with Crippen molar-refractivity contribution >= 4 is 17.2 Å². The third-order valence-electron chi connectivity index (χ3n) is 4.06. The van der Waals surface area contributed by atoms with Crippen LogP contribution in [0.2, 0.25) is 0 Å². The summed E-state index contributed by atoms with van der Waals surface area (Å²) in [5.74, 6) is 1.55. The fourth-order valence-corrected chi connectivity index (χ4v) is 3.67. The van der Waals surface area contributed by atoms with Crippen molar-refractivity contribution in [2.75, 3.05) is 13.1 Å². The Morgan fingerprint density at radius 1 is 1.24 bits per heavy atom. The van der Waals surface area contributed by atoms with Crippen LogP contribution in [-0.2, 0) is 0 Å². The summed E-state index contributed by atoms with van der Waals surface area (Å²) in [4.78, 5) is 14.2. The Labute approximate surface area is 105 Å². The molecule has 1 aromatic rings. The molecule has 92 valence electrons. The molecule has 0 bridgehead atoms. The molecule has 0 aromatic carbocycles. The van der Waals surface area contributed by atoms with Crippen molar-refractivity contribution in [3.05, 3.63) is 10.5 Å². The van der Waals surface area contributed by atoms with Gasteiger partial charge in [0.25, 0.3) is 5.91 Å². The highest BCUT2D eigenvalue weighted by Gasteiger charge is 2.36. The van der Waals surface area contributed by atoms with Crippen molar-refractivity contribution in [2.45, 2.75) is 32.1 Å². The summed E-state index contributed by atoms with van der Waals surface area (Å²) in [5, 5.41) is 8.16. The molecule has 1 aromatic heterocycles. The lowest BCUT2D eigenvalue weighted by Gasteiger charge is -2.14. The Balaban J connectivity index is 1.69. The third-order valence-corrected chi connectivity index (χ3v) is 4.74. The van der Waals surface area contributed by atoms with Gasteiger partial charge in [-0.25, -0.2) is 0 Å². The fraction of sp³-hybridized carbons (Fsp3) is 0.750. The molecule has 2 aliphatic rings. The van der Waals surface area contributed by atoms with Crippen LogP contribution in [0.5, 0.6) is 0 Å². The Morgan fingerprint density at radius 3 is 2.53 bits per heavy atom. The van der Waals surface area contributed by atoms with E-state index in [0.717, 1.165) is 24.9 Å². The van der Waals surface area contributed by atoms with Gasteiger partial charge in [0.05, 0.1) is 0 Å². The molecule has 2 heterocycles. The largest absolute Gasteiger partial charge is 0.336 e. The van der Waals surface area contributed by atoms with E-state index in [9.17, 15) is 4.79 Å². The van der Waals surface area contributed by atoms with Crippen LogP contribution in [-0.4, -0.2) is 34.1 Å². The third kappa shape index (κ3) is 2.20. The molecule has 3 rings (SSSR count). The van der Waals surface area contributed by atoms with Crippen LogP contribution in [0.3, 0.4) is 0 Å². The first-order valence-corrected chi connectivity index (χ1v) is 7.28. The highest BCUT2D eigenvalue weighted by atomic mass is 32.1. The first-order valence-electron chi connectivity index (χ1n) is 6.40. The monoisotopic (exact) mass is 251 g/mol. The van der Waals surface area contributed by atoms with Gasteiger partial charge < -0.3 is 4.90 Å². The van der Waals surface area contributed by atoms with Gasteiger partial charge in [0.15, 0.2) is 0 Å². The molecule has 0 radical (unpaired) electrons. The summed E-state index contributed by atoms with van der Waals surface area (Å²) in [5.41, 5.74) is 1.63. The van der Waals surface area contributed by atoms with Crippen LogP contribution in [0.15, 0.2) is 5.51 Å². The average molecular weight is 251 g/mol. The number of nitrogens with zero attached hydrogens (tertiary/aromatic N) is 3. The van der Waals surface area contributed by atoms with Gasteiger partial charge in [-0.3, -0.25) is 4.79 Å². The minimum absolute atomic E-state index is 0.0839. The summed E-state index contributed by atoms with van der Waals surface area (Å²) < 4.78 is 0.